The van der Waals surface area contributed by atoms with Gasteiger partial charge in [0.1, 0.15) is 0 Å². The van der Waals surface area contributed by atoms with Crippen molar-refractivity contribution in [2.75, 3.05) is 31.7 Å². The van der Waals surface area contributed by atoms with E-state index in [4.69, 9.17) is 10.6 Å². The standard InChI is InChI=1S/C11H17N3O3S/c12-13-10-2-4-11(5-3-10)18(15,16)14-6-1-8-17-9-7-14/h2-5,13H,1,6-9,12H2. The maximum absolute atomic E-state index is 12.4. The highest BCUT2D eigenvalue weighted by Crippen LogP contribution is 2.19. The Bertz CT molecular complexity index is 479. The third-order valence-electron chi connectivity index (χ3n) is 2.84. The van der Waals surface area contributed by atoms with Crippen LogP contribution in [0.3, 0.4) is 0 Å². The van der Waals surface area contributed by atoms with Gasteiger partial charge in [-0.05, 0) is 30.7 Å². The molecule has 1 fully saturated rings. The van der Waals surface area contributed by atoms with Crippen molar-refractivity contribution in [3.05, 3.63) is 24.3 Å². The topological polar surface area (TPSA) is 84.7 Å². The summed E-state index contributed by atoms with van der Waals surface area (Å²) in [5, 5.41) is 0. The quantitative estimate of drug-likeness (QED) is 0.613. The number of hydrazine groups is 1. The molecular formula is C11H17N3O3S. The van der Waals surface area contributed by atoms with Crippen LogP contribution in [0.5, 0.6) is 0 Å². The van der Waals surface area contributed by atoms with Crippen molar-refractivity contribution in [2.45, 2.75) is 11.3 Å². The molecule has 6 nitrogen and oxygen atoms in total. The van der Waals surface area contributed by atoms with Crippen LogP contribution in [0.25, 0.3) is 0 Å². The fraction of sp³-hybridized carbons (Fsp3) is 0.455. The Kier molecular flexibility index (Phi) is 4.18. The predicted molar refractivity (Wildman–Crippen MR) is 68.4 cm³/mol. The Morgan fingerprint density at radius 1 is 1.17 bits per heavy atom. The van der Waals surface area contributed by atoms with Crippen LogP contribution in [-0.4, -0.2) is 39.0 Å². The fourth-order valence-electron chi connectivity index (χ4n) is 1.84. The van der Waals surface area contributed by atoms with Crippen LogP contribution in [0.1, 0.15) is 6.42 Å². The van der Waals surface area contributed by atoms with Crippen molar-refractivity contribution < 1.29 is 13.2 Å². The van der Waals surface area contributed by atoms with Gasteiger partial charge in [-0.2, -0.15) is 4.31 Å². The molecule has 18 heavy (non-hydrogen) atoms. The van der Waals surface area contributed by atoms with Crippen molar-refractivity contribution in [1.82, 2.24) is 4.31 Å². The van der Waals surface area contributed by atoms with Gasteiger partial charge in [0.25, 0.3) is 0 Å². The second kappa shape index (κ2) is 5.66. The van der Waals surface area contributed by atoms with Gasteiger partial charge in [0.2, 0.25) is 10.0 Å². The monoisotopic (exact) mass is 271 g/mol. The average molecular weight is 271 g/mol. The number of anilines is 1. The lowest BCUT2D eigenvalue weighted by Gasteiger charge is -2.19. The van der Waals surface area contributed by atoms with Crippen molar-refractivity contribution in [3.63, 3.8) is 0 Å². The first-order chi connectivity index (χ1) is 8.64. The molecule has 0 amide bonds. The molecule has 1 aliphatic heterocycles. The van der Waals surface area contributed by atoms with E-state index in [1.807, 2.05) is 0 Å². The second-order valence-electron chi connectivity index (χ2n) is 4.04. The molecule has 7 heteroatoms. The summed E-state index contributed by atoms with van der Waals surface area (Å²) in [5.74, 6) is 5.25. The van der Waals surface area contributed by atoms with Gasteiger partial charge < -0.3 is 10.2 Å². The lowest BCUT2D eigenvalue weighted by molar-refractivity contribution is 0.148. The molecule has 1 heterocycles. The van der Waals surface area contributed by atoms with E-state index in [1.165, 1.54) is 4.31 Å². The normalized spacial score (nSPS) is 18.3. The SMILES string of the molecule is NNc1ccc(S(=O)(=O)N2CCCOCC2)cc1. The molecule has 2 rings (SSSR count). The van der Waals surface area contributed by atoms with Gasteiger partial charge in [0, 0.05) is 25.4 Å². The molecule has 0 saturated carbocycles. The number of benzene rings is 1. The maximum Gasteiger partial charge on any atom is 0.243 e. The molecule has 0 bridgehead atoms. The zero-order valence-electron chi connectivity index (χ0n) is 10.0. The Morgan fingerprint density at radius 2 is 1.89 bits per heavy atom. The van der Waals surface area contributed by atoms with Gasteiger partial charge in [0.15, 0.2) is 0 Å². The smallest absolute Gasteiger partial charge is 0.243 e. The van der Waals surface area contributed by atoms with Gasteiger partial charge in [0.05, 0.1) is 11.5 Å². The summed E-state index contributed by atoms with van der Waals surface area (Å²) in [6, 6.07) is 6.38. The summed E-state index contributed by atoms with van der Waals surface area (Å²) in [6.07, 6.45) is 0.724. The predicted octanol–water partition coefficient (Wildman–Crippen LogP) is 0.383. The molecule has 1 aliphatic rings. The molecule has 1 aromatic carbocycles. The Labute approximate surface area is 107 Å². The number of ether oxygens (including phenoxy) is 1. The van der Waals surface area contributed by atoms with Crippen LogP contribution < -0.4 is 11.3 Å². The third kappa shape index (κ3) is 2.81. The Morgan fingerprint density at radius 3 is 2.56 bits per heavy atom. The van der Waals surface area contributed by atoms with Crippen molar-refractivity contribution in [3.8, 4) is 0 Å². The van der Waals surface area contributed by atoms with Crippen molar-refractivity contribution in [2.24, 2.45) is 5.84 Å². The molecule has 1 saturated heterocycles. The van der Waals surface area contributed by atoms with Crippen LogP contribution in [0.4, 0.5) is 5.69 Å². The van der Waals surface area contributed by atoms with E-state index in [2.05, 4.69) is 5.43 Å². The zero-order valence-corrected chi connectivity index (χ0v) is 10.8. The maximum atomic E-state index is 12.4. The Hall–Kier alpha value is -1.15. The van der Waals surface area contributed by atoms with Crippen LogP contribution >= 0.6 is 0 Å². The first kappa shape index (κ1) is 13.3. The zero-order chi connectivity index (χ0) is 13.0. The lowest BCUT2D eigenvalue weighted by Crippen LogP contribution is -2.33. The van der Waals surface area contributed by atoms with Crippen LogP contribution in [0.15, 0.2) is 29.2 Å². The molecule has 3 N–H and O–H groups in total. The minimum absolute atomic E-state index is 0.281. The number of nitrogen functional groups attached to an aromatic ring is 1. The minimum Gasteiger partial charge on any atom is -0.380 e. The van der Waals surface area contributed by atoms with E-state index in [0.717, 1.165) is 6.42 Å². The number of sulfonamides is 1. The highest BCUT2D eigenvalue weighted by molar-refractivity contribution is 7.89. The van der Waals surface area contributed by atoms with E-state index < -0.39 is 10.0 Å². The number of hydrogen-bond acceptors (Lipinski definition) is 5. The third-order valence-corrected chi connectivity index (χ3v) is 4.75. The summed E-state index contributed by atoms with van der Waals surface area (Å²) in [5.41, 5.74) is 3.14. The molecule has 0 aliphatic carbocycles. The number of rotatable bonds is 3. The summed E-state index contributed by atoms with van der Waals surface area (Å²) in [4.78, 5) is 0.281. The summed E-state index contributed by atoms with van der Waals surface area (Å²) >= 11 is 0. The first-order valence-corrected chi connectivity index (χ1v) is 7.23. The van der Waals surface area contributed by atoms with Crippen LogP contribution in [0, 0.1) is 0 Å². The number of nitrogens with zero attached hydrogens (tertiary/aromatic N) is 1. The fourth-order valence-corrected chi connectivity index (χ4v) is 3.30. The van der Waals surface area contributed by atoms with Gasteiger partial charge in [-0.1, -0.05) is 0 Å². The van der Waals surface area contributed by atoms with E-state index in [9.17, 15) is 8.42 Å². The highest BCUT2D eigenvalue weighted by atomic mass is 32.2. The first-order valence-electron chi connectivity index (χ1n) is 5.79. The Balaban J connectivity index is 2.22. The largest absolute Gasteiger partial charge is 0.380 e. The van der Waals surface area contributed by atoms with Gasteiger partial charge in [-0.15, -0.1) is 0 Å². The van der Waals surface area contributed by atoms with E-state index in [0.29, 0.717) is 32.0 Å². The number of nitrogens with one attached hydrogen (secondary N) is 1. The van der Waals surface area contributed by atoms with E-state index in [-0.39, 0.29) is 4.90 Å². The summed E-state index contributed by atoms with van der Waals surface area (Å²) in [7, 11) is -3.43. The van der Waals surface area contributed by atoms with Crippen LogP contribution in [-0.2, 0) is 14.8 Å². The molecule has 0 spiro atoms. The molecule has 1 aromatic rings. The molecule has 0 radical (unpaired) electrons. The minimum atomic E-state index is -3.43. The van der Waals surface area contributed by atoms with Crippen molar-refractivity contribution in [1.29, 1.82) is 0 Å². The highest BCUT2D eigenvalue weighted by Gasteiger charge is 2.25. The molecular weight excluding hydrogens is 254 g/mol. The van der Waals surface area contributed by atoms with Gasteiger partial charge >= 0.3 is 0 Å². The summed E-state index contributed by atoms with van der Waals surface area (Å²) < 4.78 is 31.4. The molecule has 100 valence electrons. The van der Waals surface area contributed by atoms with Crippen LogP contribution in [0.2, 0.25) is 0 Å². The van der Waals surface area contributed by atoms with Gasteiger partial charge in [-0.3, -0.25) is 5.84 Å². The van der Waals surface area contributed by atoms with Gasteiger partial charge in [-0.25, -0.2) is 8.42 Å². The lowest BCUT2D eigenvalue weighted by atomic mass is 10.3. The molecule has 0 atom stereocenters. The molecule has 0 aromatic heterocycles. The second-order valence-corrected chi connectivity index (χ2v) is 5.98. The van der Waals surface area contributed by atoms with E-state index in [1.54, 1.807) is 24.3 Å². The number of hydrogen-bond donors (Lipinski definition) is 2. The molecule has 0 unspecified atom stereocenters. The average Bonchev–Trinajstić information content (AvgIpc) is 2.68. The number of nitrogens with two attached hydrogens (primary N) is 1. The van der Waals surface area contributed by atoms with E-state index >= 15 is 0 Å². The van der Waals surface area contributed by atoms with Crippen molar-refractivity contribution >= 4 is 15.7 Å². The summed E-state index contributed by atoms with van der Waals surface area (Å²) in [6.45, 7) is 1.96.